The first kappa shape index (κ1) is 19.3. The number of benzene rings is 2. The summed E-state index contributed by atoms with van der Waals surface area (Å²) in [4.78, 5) is 12.6. The van der Waals surface area contributed by atoms with Crippen molar-refractivity contribution in [1.82, 2.24) is 10.0 Å². The summed E-state index contributed by atoms with van der Waals surface area (Å²) in [5.74, 6) is 1.78. The van der Waals surface area contributed by atoms with Crippen LogP contribution in [0, 0.1) is 0 Å². The molecular formula is C23H28N2O2S. The molecule has 1 atom stereocenters. The van der Waals surface area contributed by atoms with E-state index < -0.39 is 0 Å². The van der Waals surface area contributed by atoms with Crippen molar-refractivity contribution in [2.75, 3.05) is 20.2 Å². The number of methoxy groups -OCH3 is 1. The maximum absolute atomic E-state index is 11.4. The van der Waals surface area contributed by atoms with Gasteiger partial charge in [0.15, 0.2) is 0 Å². The van der Waals surface area contributed by atoms with Gasteiger partial charge in [0, 0.05) is 4.90 Å². The van der Waals surface area contributed by atoms with E-state index in [1.165, 1.54) is 52.8 Å². The predicted octanol–water partition coefficient (Wildman–Crippen LogP) is 4.02. The van der Waals surface area contributed by atoms with Crippen LogP contribution < -0.4 is 14.8 Å². The van der Waals surface area contributed by atoms with Crippen molar-refractivity contribution in [1.29, 1.82) is 0 Å². The Balaban J connectivity index is 1.26. The van der Waals surface area contributed by atoms with E-state index in [-0.39, 0.29) is 5.91 Å². The Labute approximate surface area is 171 Å². The molecule has 1 aliphatic carbocycles. The van der Waals surface area contributed by atoms with Gasteiger partial charge in [0.05, 0.1) is 13.5 Å². The molecule has 4 rings (SSSR count). The monoisotopic (exact) mass is 396 g/mol. The third-order valence-corrected chi connectivity index (χ3v) is 6.76. The molecule has 2 aromatic rings. The molecule has 148 valence electrons. The summed E-state index contributed by atoms with van der Waals surface area (Å²) in [7, 11) is 1.77. The molecule has 0 spiro atoms. The minimum atomic E-state index is 0.0915. The predicted molar refractivity (Wildman–Crippen MR) is 114 cm³/mol. The van der Waals surface area contributed by atoms with E-state index in [1.54, 1.807) is 7.11 Å². The van der Waals surface area contributed by atoms with Crippen LogP contribution in [0.2, 0.25) is 0 Å². The maximum Gasteiger partial charge on any atom is 0.234 e. The highest BCUT2D eigenvalue weighted by atomic mass is 32.2. The van der Waals surface area contributed by atoms with E-state index >= 15 is 0 Å². The third-order valence-electron chi connectivity index (χ3n) is 5.83. The highest BCUT2D eigenvalue weighted by Gasteiger charge is 2.22. The van der Waals surface area contributed by atoms with E-state index in [4.69, 9.17) is 4.74 Å². The maximum atomic E-state index is 11.4. The first-order valence-corrected chi connectivity index (χ1v) is 11.0. The number of ether oxygens (including phenoxy) is 1. The second kappa shape index (κ2) is 9.01. The van der Waals surface area contributed by atoms with Crippen molar-refractivity contribution in [3.63, 3.8) is 0 Å². The molecule has 4 nitrogen and oxygen atoms in total. The summed E-state index contributed by atoms with van der Waals surface area (Å²) >= 11 is 1.44. The molecule has 28 heavy (non-hydrogen) atoms. The van der Waals surface area contributed by atoms with Gasteiger partial charge in [-0.2, -0.15) is 0 Å². The molecule has 2 N–H and O–H groups in total. The minimum Gasteiger partial charge on any atom is -0.496 e. The van der Waals surface area contributed by atoms with Crippen molar-refractivity contribution in [3.8, 4) is 5.75 Å². The molecule has 0 radical (unpaired) electrons. The number of carbonyl (C=O) groups is 1. The number of hydrogen-bond acceptors (Lipinski definition) is 4. The minimum absolute atomic E-state index is 0.0915. The molecule has 0 saturated heterocycles. The van der Waals surface area contributed by atoms with Gasteiger partial charge in [-0.05, 0) is 97.4 Å². The number of hydrogen-bond donors (Lipinski definition) is 2. The van der Waals surface area contributed by atoms with Gasteiger partial charge in [0.25, 0.3) is 0 Å². The largest absolute Gasteiger partial charge is 0.496 e. The Morgan fingerprint density at radius 3 is 3.07 bits per heavy atom. The summed E-state index contributed by atoms with van der Waals surface area (Å²) in [5, 5.41) is 3.62. The Morgan fingerprint density at radius 2 is 2.18 bits per heavy atom. The lowest BCUT2D eigenvalue weighted by atomic mass is 9.80. The molecule has 1 aliphatic heterocycles. The van der Waals surface area contributed by atoms with Crippen LogP contribution >= 0.6 is 11.9 Å². The zero-order valence-electron chi connectivity index (χ0n) is 16.4. The zero-order chi connectivity index (χ0) is 19.3. The van der Waals surface area contributed by atoms with Crippen LogP contribution in [0.25, 0.3) is 0 Å². The first-order chi connectivity index (χ1) is 13.7. The second-order valence-corrected chi connectivity index (χ2v) is 8.50. The zero-order valence-corrected chi connectivity index (χ0v) is 17.2. The molecule has 0 bridgehead atoms. The van der Waals surface area contributed by atoms with E-state index in [0.717, 1.165) is 37.2 Å². The summed E-state index contributed by atoms with van der Waals surface area (Å²) < 4.78 is 8.41. The number of rotatable bonds is 7. The third kappa shape index (κ3) is 4.36. The van der Waals surface area contributed by atoms with Crippen LogP contribution in [0.15, 0.2) is 41.3 Å². The van der Waals surface area contributed by atoms with Gasteiger partial charge < -0.3 is 10.1 Å². The summed E-state index contributed by atoms with van der Waals surface area (Å²) in [5.41, 5.74) is 5.36. The molecular weight excluding hydrogens is 368 g/mol. The second-order valence-electron chi connectivity index (χ2n) is 7.65. The summed E-state index contributed by atoms with van der Waals surface area (Å²) in [6, 6.07) is 13.0. The fourth-order valence-corrected chi connectivity index (χ4v) is 5.13. The smallest absolute Gasteiger partial charge is 0.234 e. The first-order valence-electron chi connectivity index (χ1n) is 10.2. The quantitative estimate of drug-likeness (QED) is 0.548. The van der Waals surface area contributed by atoms with Gasteiger partial charge >= 0.3 is 0 Å². The molecule has 5 heteroatoms. The number of carbonyl (C=O) groups excluding carboxylic acids is 1. The lowest BCUT2D eigenvalue weighted by Gasteiger charge is -2.27. The lowest BCUT2D eigenvalue weighted by molar-refractivity contribution is -0.118. The molecule has 1 heterocycles. The van der Waals surface area contributed by atoms with Gasteiger partial charge in [0.1, 0.15) is 5.75 Å². The van der Waals surface area contributed by atoms with Gasteiger partial charge in [0.2, 0.25) is 5.91 Å². The Hall–Kier alpha value is -1.98. The van der Waals surface area contributed by atoms with Crippen molar-refractivity contribution in [2.24, 2.45) is 0 Å². The Bertz CT molecular complexity index is 852. The van der Waals surface area contributed by atoms with Crippen molar-refractivity contribution >= 4 is 17.9 Å². The lowest BCUT2D eigenvalue weighted by Crippen LogP contribution is -2.23. The van der Waals surface area contributed by atoms with E-state index in [0.29, 0.717) is 12.3 Å². The average Bonchev–Trinajstić information content (AvgIpc) is 2.73. The fraction of sp³-hybridized carbons (Fsp3) is 0.435. The van der Waals surface area contributed by atoms with Crippen LogP contribution in [0.4, 0.5) is 0 Å². The van der Waals surface area contributed by atoms with Crippen molar-refractivity contribution in [2.45, 2.75) is 49.3 Å². The van der Waals surface area contributed by atoms with Crippen LogP contribution in [0.1, 0.15) is 47.4 Å². The van der Waals surface area contributed by atoms with Gasteiger partial charge in [-0.15, -0.1) is 0 Å². The van der Waals surface area contributed by atoms with Crippen LogP contribution in [0.3, 0.4) is 0 Å². The number of amides is 1. The van der Waals surface area contributed by atoms with E-state index in [2.05, 4.69) is 46.4 Å². The highest BCUT2D eigenvalue weighted by Crippen LogP contribution is 2.38. The number of nitrogens with one attached hydrogen (secondary N) is 2. The van der Waals surface area contributed by atoms with Gasteiger partial charge in [-0.25, -0.2) is 0 Å². The normalized spacial score (nSPS) is 18.2. The molecule has 2 aromatic carbocycles. The van der Waals surface area contributed by atoms with Gasteiger partial charge in [-0.1, -0.05) is 24.3 Å². The molecule has 0 saturated carbocycles. The number of fused-ring (bicyclic) bond motifs is 2. The summed E-state index contributed by atoms with van der Waals surface area (Å²) in [6.45, 7) is 2.02. The Kier molecular flexibility index (Phi) is 6.23. The standard InChI is InChI=1S/C23H28N2O2S/c1-27-21-7-3-5-19-17(4-2-6-20(19)21)11-13-24-12-10-16-8-9-18-15-23(26)25-28-22(18)14-16/h3,5,7-9,14,17,24H,2,4,6,10-13,15H2,1H3,(H,25,26). The topological polar surface area (TPSA) is 50.4 Å². The van der Waals surface area contributed by atoms with Crippen LogP contribution in [-0.4, -0.2) is 26.1 Å². The van der Waals surface area contributed by atoms with Crippen LogP contribution in [-0.2, 0) is 24.1 Å². The van der Waals surface area contributed by atoms with Crippen LogP contribution in [0.5, 0.6) is 5.75 Å². The molecule has 1 unspecified atom stereocenters. The van der Waals surface area contributed by atoms with Crippen molar-refractivity contribution < 1.29 is 9.53 Å². The molecule has 2 aliphatic rings. The average molecular weight is 397 g/mol. The van der Waals surface area contributed by atoms with Gasteiger partial charge in [-0.3, -0.25) is 9.52 Å². The SMILES string of the molecule is COc1cccc2c1CCCC2CCNCCc1ccc2c(c1)SNC(=O)C2. The molecule has 0 aromatic heterocycles. The highest BCUT2D eigenvalue weighted by molar-refractivity contribution is 7.98. The summed E-state index contributed by atoms with van der Waals surface area (Å²) in [6.07, 6.45) is 6.34. The van der Waals surface area contributed by atoms with Crippen molar-refractivity contribution in [3.05, 3.63) is 58.7 Å². The van der Waals surface area contributed by atoms with E-state index in [1.807, 2.05) is 0 Å². The fourth-order valence-electron chi connectivity index (χ4n) is 4.35. The van der Waals surface area contributed by atoms with E-state index in [9.17, 15) is 4.79 Å². The molecule has 0 fully saturated rings. The molecule has 1 amide bonds. The Morgan fingerprint density at radius 1 is 1.25 bits per heavy atom.